The molecule has 21 heavy (non-hydrogen) atoms. The number of aliphatic carboxylic acids is 2. The summed E-state index contributed by atoms with van der Waals surface area (Å²) in [6, 6.07) is -1.78. The highest BCUT2D eigenvalue weighted by molar-refractivity contribution is 5.82. The van der Waals surface area contributed by atoms with E-state index >= 15 is 0 Å². The molecule has 0 spiro atoms. The Labute approximate surface area is 123 Å². The number of nitrogens with one attached hydrogen (secondary N) is 1. The van der Waals surface area contributed by atoms with Gasteiger partial charge in [-0.15, -0.1) is 0 Å². The molecule has 0 unspecified atom stereocenters. The van der Waals surface area contributed by atoms with Crippen LogP contribution in [-0.2, 0) is 9.59 Å². The Kier molecular flexibility index (Phi) is 9.11. The molecule has 0 aliphatic carbocycles. The van der Waals surface area contributed by atoms with Crippen LogP contribution in [0, 0.1) is 0 Å². The Morgan fingerprint density at radius 2 is 1.76 bits per heavy atom. The lowest BCUT2D eigenvalue weighted by Gasteiger charge is -2.28. The Morgan fingerprint density at radius 3 is 2.19 bits per heavy atom. The van der Waals surface area contributed by atoms with Gasteiger partial charge in [-0.2, -0.15) is 0 Å². The van der Waals surface area contributed by atoms with Gasteiger partial charge in [-0.05, 0) is 33.1 Å². The van der Waals surface area contributed by atoms with Crippen LogP contribution in [0.4, 0.5) is 4.79 Å². The number of urea groups is 1. The second kappa shape index (κ2) is 9.98. The molecule has 122 valence electrons. The second-order valence-corrected chi connectivity index (χ2v) is 4.99. The third kappa shape index (κ3) is 8.13. The van der Waals surface area contributed by atoms with Gasteiger partial charge in [0, 0.05) is 25.6 Å². The van der Waals surface area contributed by atoms with Crippen molar-refractivity contribution in [1.29, 1.82) is 0 Å². The van der Waals surface area contributed by atoms with Crippen LogP contribution in [0.1, 0.15) is 39.5 Å². The van der Waals surface area contributed by atoms with Crippen molar-refractivity contribution >= 4 is 18.0 Å². The molecule has 0 saturated carbocycles. The van der Waals surface area contributed by atoms with Gasteiger partial charge < -0.3 is 25.5 Å². The predicted octanol–water partition coefficient (Wildman–Crippen LogP) is 0.497. The van der Waals surface area contributed by atoms with E-state index in [1.54, 1.807) is 13.8 Å². The van der Waals surface area contributed by atoms with Crippen molar-refractivity contribution in [1.82, 2.24) is 10.2 Å². The van der Waals surface area contributed by atoms with Gasteiger partial charge in [0.2, 0.25) is 0 Å². The summed E-state index contributed by atoms with van der Waals surface area (Å²) in [5.41, 5.74) is 0. The van der Waals surface area contributed by atoms with E-state index in [1.807, 2.05) is 0 Å². The van der Waals surface area contributed by atoms with Gasteiger partial charge in [0.25, 0.3) is 0 Å². The second-order valence-electron chi connectivity index (χ2n) is 4.99. The molecular formula is C13H24N2O6. The van der Waals surface area contributed by atoms with E-state index in [4.69, 9.17) is 15.3 Å². The first kappa shape index (κ1) is 19.2. The van der Waals surface area contributed by atoms with E-state index in [0.717, 1.165) is 0 Å². The van der Waals surface area contributed by atoms with Crippen molar-refractivity contribution in [2.45, 2.75) is 51.6 Å². The number of amides is 2. The first-order valence-electron chi connectivity index (χ1n) is 6.92. The third-order valence-electron chi connectivity index (χ3n) is 2.92. The summed E-state index contributed by atoms with van der Waals surface area (Å²) in [5, 5.41) is 28.8. The first-order chi connectivity index (χ1) is 9.79. The number of hydrogen-bond acceptors (Lipinski definition) is 4. The molecule has 0 aliphatic heterocycles. The highest BCUT2D eigenvalue weighted by atomic mass is 16.4. The summed E-state index contributed by atoms with van der Waals surface area (Å²) in [4.78, 5) is 35.0. The minimum atomic E-state index is -1.19. The maximum absolute atomic E-state index is 12.1. The fraction of sp³-hybridized carbons (Fsp3) is 0.769. The molecule has 0 aliphatic rings. The summed E-state index contributed by atoms with van der Waals surface area (Å²) in [6.07, 6.45) is 0.491. The van der Waals surface area contributed by atoms with E-state index in [-0.39, 0.29) is 31.9 Å². The number of carbonyl (C=O) groups is 3. The van der Waals surface area contributed by atoms with Gasteiger partial charge in [-0.3, -0.25) is 4.79 Å². The summed E-state index contributed by atoms with van der Waals surface area (Å²) in [7, 11) is 0. The molecule has 0 saturated heterocycles. The van der Waals surface area contributed by atoms with Crippen LogP contribution >= 0.6 is 0 Å². The predicted molar refractivity (Wildman–Crippen MR) is 75.0 cm³/mol. The van der Waals surface area contributed by atoms with Crippen molar-refractivity contribution in [2.24, 2.45) is 0 Å². The SMILES string of the molecule is CC(C)N(CCCO)C(=O)N[C@H](CCCC(=O)O)C(=O)O. The molecule has 0 bridgehead atoms. The molecule has 0 aromatic heterocycles. The number of aliphatic hydroxyl groups excluding tert-OH is 1. The molecule has 0 fully saturated rings. The minimum Gasteiger partial charge on any atom is -0.481 e. The maximum atomic E-state index is 12.1. The lowest BCUT2D eigenvalue weighted by molar-refractivity contribution is -0.140. The number of nitrogens with zero attached hydrogens (tertiary/aromatic N) is 1. The lowest BCUT2D eigenvalue weighted by Crippen LogP contribution is -2.50. The number of carboxylic acids is 2. The molecule has 4 N–H and O–H groups in total. The molecule has 8 nitrogen and oxygen atoms in total. The van der Waals surface area contributed by atoms with Crippen molar-refractivity contribution in [3.63, 3.8) is 0 Å². The minimum absolute atomic E-state index is 0.0549. The average Bonchev–Trinajstić information content (AvgIpc) is 2.36. The van der Waals surface area contributed by atoms with Gasteiger partial charge in [0.15, 0.2) is 0 Å². The van der Waals surface area contributed by atoms with E-state index < -0.39 is 24.0 Å². The molecular weight excluding hydrogens is 280 g/mol. The van der Waals surface area contributed by atoms with Gasteiger partial charge >= 0.3 is 18.0 Å². The van der Waals surface area contributed by atoms with Gasteiger partial charge in [-0.1, -0.05) is 0 Å². The Morgan fingerprint density at radius 1 is 1.14 bits per heavy atom. The van der Waals surface area contributed by atoms with Crippen molar-refractivity contribution < 1.29 is 29.7 Å². The fourth-order valence-corrected chi connectivity index (χ4v) is 1.78. The summed E-state index contributed by atoms with van der Waals surface area (Å²) in [5.74, 6) is -2.20. The molecule has 8 heteroatoms. The van der Waals surface area contributed by atoms with Gasteiger partial charge in [0.1, 0.15) is 6.04 Å². The lowest BCUT2D eigenvalue weighted by atomic mass is 10.1. The van der Waals surface area contributed by atoms with Crippen molar-refractivity contribution in [3.8, 4) is 0 Å². The molecule has 2 amide bonds. The largest absolute Gasteiger partial charge is 0.481 e. The average molecular weight is 304 g/mol. The monoisotopic (exact) mass is 304 g/mol. The van der Waals surface area contributed by atoms with Crippen molar-refractivity contribution in [3.05, 3.63) is 0 Å². The molecule has 1 atom stereocenters. The highest BCUT2D eigenvalue weighted by Gasteiger charge is 2.24. The summed E-state index contributed by atoms with van der Waals surface area (Å²) in [6.45, 7) is 3.84. The fourth-order valence-electron chi connectivity index (χ4n) is 1.78. The zero-order valence-corrected chi connectivity index (χ0v) is 12.4. The number of aliphatic hydroxyl groups is 1. The van der Waals surface area contributed by atoms with Crippen LogP contribution in [0.25, 0.3) is 0 Å². The topological polar surface area (TPSA) is 127 Å². The van der Waals surface area contributed by atoms with Crippen LogP contribution < -0.4 is 5.32 Å². The normalized spacial score (nSPS) is 12.0. The third-order valence-corrected chi connectivity index (χ3v) is 2.92. The molecule has 0 radical (unpaired) electrons. The smallest absolute Gasteiger partial charge is 0.326 e. The van der Waals surface area contributed by atoms with Crippen LogP contribution in [0.15, 0.2) is 0 Å². The molecule has 0 rings (SSSR count). The number of carboxylic acid groups (broad SMARTS) is 2. The Bertz CT molecular complexity index is 359. The van der Waals surface area contributed by atoms with Crippen LogP contribution in [-0.4, -0.2) is 63.4 Å². The highest BCUT2D eigenvalue weighted by Crippen LogP contribution is 2.05. The van der Waals surface area contributed by atoms with E-state index in [1.165, 1.54) is 4.90 Å². The number of rotatable bonds is 10. The number of hydrogen-bond donors (Lipinski definition) is 4. The zero-order chi connectivity index (χ0) is 16.4. The van der Waals surface area contributed by atoms with Crippen molar-refractivity contribution in [2.75, 3.05) is 13.2 Å². The molecule has 0 aromatic rings. The van der Waals surface area contributed by atoms with Crippen LogP contribution in [0.2, 0.25) is 0 Å². The quantitative estimate of drug-likeness (QED) is 0.465. The molecule has 0 heterocycles. The Hall–Kier alpha value is -1.83. The first-order valence-corrected chi connectivity index (χ1v) is 6.92. The van der Waals surface area contributed by atoms with E-state index in [2.05, 4.69) is 5.32 Å². The van der Waals surface area contributed by atoms with E-state index in [9.17, 15) is 14.4 Å². The summed E-state index contributed by atoms with van der Waals surface area (Å²) >= 11 is 0. The molecule has 0 aromatic carbocycles. The van der Waals surface area contributed by atoms with Gasteiger partial charge in [-0.25, -0.2) is 9.59 Å². The maximum Gasteiger partial charge on any atom is 0.326 e. The van der Waals surface area contributed by atoms with Crippen LogP contribution in [0.5, 0.6) is 0 Å². The zero-order valence-electron chi connectivity index (χ0n) is 12.4. The summed E-state index contributed by atoms with van der Waals surface area (Å²) < 4.78 is 0. The van der Waals surface area contributed by atoms with Gasteiger partial charge in [0.05, 0.1) is 0 Å². The Balaban J connectivity index is 4.55. The van der Waals surface area contributed by atoms with E-state index in [0.29, 0.717) is 13.0 Å². The standard InChI is InChI=1S/C13H24N2O6/c1-9(2)15(7-4-8-16)13(21)14-10(12(19)20)5-3-6-11(17)18/h9-10,16H,3-8H2,1-2H3,(H,14,21)(H,17,18)(H,19,20)/t10-/m1/s1. The number of carbonyl (C=O) groups excluding carboxylic acids is 1. The van der Waals surface area contributed by atoms with Crippen LogP contribution in [0.3, 0.4) is 0 Å².